The monoisotopic (exact) mass is 446 g/mol. The molecule has 5 fully saturated rings. The molecule has 0 radical (unpaired) electrons. The van der Waals surface area contributed by atoms with Gasteiger partial charge in [0, 0.05) is 12.3 Å². The molecule has 0 aromatic carbocycles. The van der Waals surface area contributed by atoms with E-state index in [0.29, 0.717) is 11.3 Å². The second-order valence-corrected chi connectivity index (χ2v) is 13.6. The van der Waals surface area contributed by atoms with Crippen LogP contribution in [0.3, 0.4) is 0 Å². The van der Waals surface area contributed by atoms with Crippen LogP contribution in [0.2, 0.25) is 0 Å². The van der Waals surface area contributed by atoms with Crippen molar-refractivity contribution in [2.45, 2.75) is 117 Å². The molecule has 0 aromatic rings. The van der Waals surface area contributed by atoms with Gasteiger partial charge in [-0.05, 0) is 91.3 Å². The van der Waals surface area contributed by atoms with Crippen LogP contribution in [-0.2, 0) is 9.47 Å². The third-order valence-electron chi connectivity index (χ3n) is 11.6. The third-order valence-corrected chi connectivity index (χ3v) is 11.6. The summed E-state index contributed by atoms with van der Waals surface area (Å²) in [5.74, 6) is 4.86. The van der Waals surface area contributed by atoms with E-state index in [1.807, 2.05) is 0 Å². The van der Waals surface area contributed by atoms with Crippen molar-refractivity contribution in [2.75, 3.05) is 13.2 Å². The Morgan fingerprint density at radius 2 is 1.56 bits per heavy atom. The molecule has 1 spiro atoms. The van der Waals surface area contributed by atoms with E-state index in [9.17, 15) is 5.11 Å². The van der Waals surface area contributed by atoms with Gasteiger partial charge in [-0.1, -0.05) is 53.9 Å². The lowest BCUT2D eigenvalue weighted by Gasteiger charge is -2.65. The fraction of sp³-hybridized carbons (Fsp3) is 1.00. The largest absolute Gasteiger partial charge is 0.393 e. The summed E-state index contributed by atoms with van der Waals surface area (Å²) < 4.78 is 13.0. The van der Waals surface area contributed by atoms with Gasteiger partial charge in [-0.2, -0.15) is 0 Å². The fourth-order valence-corrected chi connectivity index (χ4v) is 10.1. The van der Waals surface area contributed by atoms with Crippen LogP contribution < -0.4 is 0 Å². The van der Waals surface area contributed by atoms with E-state index in [1.54, 1.807) is 0 Å². The highest BCUT2D eigenvalue weighted by Gasteiger charge is 2.67. The third kappa shape index (κ3) is 3.63. The van der Waals surface area contributed by atoms with Crippen LogP contribution >= 0.6 is 0 Å². The molecule has 0 bridgehead atoms. The minimum absolute atomic E-state index is 0.175. The van der Waals surface area contributed by atoms with Crippen molar-refractivity contribution in [1.29, 1.82) is 0 Å². The lowest BCUT2D eigenvalue weighted by atomic mass is 9.43. The number of aliphatic hydroxyl groups is 1. The SMILES string of the molecule is CC(C)CCC[C@@H](C)[C@@H]1CC[C@H]2[C@H]3CC4(OCCO4)[C@H]4C[C@@H](O)CC[C@]4(C)[C@@H]3CC[C@@]21C. The minimum Gasteiger partial charge on any atom is -0.393 e. The molecule has 3 heteroatoms. The van der Waals surface area contributed by atoms with Crippen molar-refractivity contribution in [2.24, 2.45) is 52.3 Å². The maximum Gasteiger partial charge on any atom is 0.172 e. The van der Waals surface area contributed by atoms with Gasteiger partial charge in [0.1, 0.15) is 0 Å². The summed E-state index contributed by atoms with van der Waals surface area (Å²) in [7, 11) is 0. The molecule has 5 rings (SSSR count). The summed E-state index contributed by atoms with van der Waals surface area (Å²) >= 11 is 0. The molecule has 0 aromatic heterocycles. The number of ether oxygens (including phenoxy) is 2. The summed E-state index contributed by atoms with van der Waals surface area (Å²) in [6.45, 7) is 14.0. The standard InChI is InChI=1S/C29H50O3/c1-19(2)7-6-8-20(3)23-9-10-24-22-18-29(31-15-16-32-29)26-17-21(30)11-13-28(26,5)25(22)12-14-27(23,24)4/h19-26,30H,6-18H2,1-5H3/t20-,21+,22-,23+,24+,25-,26+,27-,28-/m1/s1. The van der Waals surface area contributed by atoms with Crippen LogP contribution in [0.15, 0.2) is 0 Å². The molecular formula is C29H50O3. The Kier molecular flexibility index (Phi) is 6.29. The molecule has 5 aliphatic rings. The van der Waals surface area contributed by atoms with Gasteiger partial charge in [-0.3, -0.25) is 0 Å². The molecule has 0 unspecified atom stereocenters. The number of hydrogen-bond donors (Lipinski definition) is 1. The van der Waals surface area contributed by atoms with Crippen molar-refractivity contribution < 1.29 is 14.6 Å². The molecule has 0 amide bonds. The topological polar surface area (TPSA) is 38.7 Å². The summed E-state index contributed by atoms with van der Waals surface area (Å²) in [5, 5.41) is 10.6. The van der Waals surface area contributed by atoms with Crippen LogP contribution in [0.1, 0.15) is 105 Å². The average Bonchev–Trinajstić information content (AvgIpc) is 3.34. The molecule has 4 saturated carbocycles. The Hall–Kier alpha value is -0.120. The predicted octanol–water partition coefficient (Wildman–Crippen LogP) is 6.82. The van der Waals surface area contributed by atoms with Crippen molar-refractivity contribution in [3.63, 3.8) is 0 Å². The van der Waals surface area contributed by atoms with E-state index in [2.05, 4.69) is 34.6 Å². The first kappa shape index (κ1) is 23.6. The molecule has 9 atom stereocenters. The smallest absolute Gasteiger partial charge is 0.172 e. The van der Waals surface area contributed by atoms with E-state index in [1.165, 1.54) is 44.9 Å². The van der Waals surface area contributed by atoms with Crippen molar-refractivity contribution >= 4 is 0 Å². The number of rotatable bonds is 5. The Bertz CT molecular complexity index is 669. The Morgan fingerprint density at radius 1 is 0.875 bits per heavy atom. The molecule has 4 aliphatic carbocycles. The van der Waals surface area contributed by atoms with Gasteiger partial charge >= 0.3 is 0 Å². The van der Waals surface area contributed by atoms with Crippen molar-refractivity contribution in [3.05, 3.63) is 0 Å². The van der Waals surface area contributed by atoms with Gasteiger partial charge in [-0.15, -0.1) is 0 Å². The molecule has 1 aliphatic heterocycles. The van der Waals surface area contributed by atoms with E-state index >= 15 is 0 Å². The second kappa shape index (κ2) is 8.52. The predicted molar refractivity (Wildman–Crippen MR) is 129 cm³/mol. The Balaban J connectivity index is 1.39. The molecule has 184 valence electrons. The highest BCUT2D eigenvalue weighted by Crippen LogP contribution is 2.70. The Labute approximate surface area is 197 Å². The lowest BCUT2D eigenvalue weighted by Crippen LogP contribution is -2.63. The fourth-order valence-electron chi connectivity index (χ4n) is 10.1. The maximum atomic E-state index is 10.6. The van der Waals surface area contributed by atoms with E-state index < -0.39 is 5.79 Å². The second-order valence-electron chi connectivity index (χ2n) is 13.6. The summed E-state index contributed by atoms with van der Waals surface area (Å²) in [4.78, 5) is 0. The summed E-state index contributed by atoms with van der Waals surface area (Å²) in [5.41, 5.74) is 0.754. The van der Waals surface area contributed by atoms with E-state index in [0.717, 1.165) is 74.4 Å². The molecule has 1 N–H and O–H groups in total. The number of aliphatic hydroxyl groups excluding tert-OH is 1. The highest BCUT2D eigenvalue weighted by atomic mass is 16.7. The molecule has 3 nitrogen and oxygen atoms in total. The zero-order chi connectivity index (χ0) is 22.7. The van der Waals surface area contributed by atoms with Gasteiger partial charge in [-0.25, -0.2) is 0 Å². The Morgan fingerprint density at radius 3 is 2.28 bits per heavy atom. The summed E-state index contributed by atoms with van der Waals surface area (Å²) in [6, 6.07) is 0. The molecular weight excluding hydrogens is 396 g/mol. The first-order chi connectivity index (χ1) is 15.2. The first-order valence-corrected chi connectivity index (χ1v) is 14.2. The van der Waals surface area contributed by atoms with Gasteiger partial charge < -0.3 is 14.6 Å². The van der Waals surface area contributed by atoms with Crippen molar-refractivity contribution in [1.82, 2.24) is 0 Å². The zero-order valence-electron chi connectivity index (χ0n) is 21.6. The van der Waals surface area contributed by atoms with Crippen molar-refractivity contribution in [3.8, 4) is 0 Å². The maximum absolute atomic E-state index is 10.6. The van der Waals surface area contributed by atoms with Crippen LogP contribution in [0.25, 0.3) is 0 Å². The molecule has 1 heterocycles. The van der Waals surface area contributed by atoms with Gasteiger partial charge in [0.2, 0.25) is 0 Å². The van der Waals surface area contributed by atoms with E-state index in [4.69, 9.17) is 9.47 Å². The zero-order valence-corrected chi connectivity index (χ0v) is 21.6. The van der Waals surface area contributed by atoms with E-state index in [-0.39, 0.29) is 11.5 Å². The summed E-state index contributed by atoms with van der Waals surface area (Å²) in [6.07, 6.45) is 13.7. The highest BCUT2D eigenvalue weighted by molar-refractivity contribution is 5.14. The van der Waals surface area contributed by atoms with Gasteiger partial charge in [0.25, 0.3) is 0 Å². The number of fused-ring (bicyclic) bond motifs is 6. The minimum atomic E-state index is -0.420. The molecule has 1 saturated heterocycles. The average molecular weight is 447 g/mol. The van der Waals surface area contributed by atoms with Crippen LogP contribution in [0.5, 0.6) is 0 Å². The van der Waals surface area contributed by atoms with Crippen LogP contribution in [0.4, 0.5) is 0 Å². The number of hydrogen-bond acceptors (Lipinski definition) is 3. The van der Waals surface area contributed by atoms with Gasteiger partial charge in [0.05, 0.1) is 19.3 Å². The lowest BCUT2D eigenvalue weighted by molar-refractivity contribution is -0.298. The van der Waals surface area contributed by atoms with Gasteiger partial charge in [0.15, 0.2) is 5.79 Å². The molecule has 32 heavy (non-hydrogen) atoms. The van der Waals surface area contributed by atoms with Crippen LogP contribution in [-0.4, -0.2) is 30.2 Å². The first-order valence-electron chi connectivity index (χ1n) is 14.2. The quantitative estimate of drug-likeness (QED) is 0.503. The normalized spacial score (nSPS) is 48.5. The van der Waals surface area contributed by atoms with Crippen LogP contribution in [0, 0.1) is 52.3 Å².